The number of carbonyl (C=O) groups excluding carboxylic acids is 1. The summed E-state index contributed by atoms with van der Waals surface area (Å²) in [5, 5.41) is 3.62. The van der Waals surface area contributed by atoms with Crippen LogP contribution in [0, 0.1) is 0 Å². The van der Waals surface area contributed by atoms with E-state index in [1.807, 2.05) is 12.1 Å². The number of hydrogen-bond acceptors (Lipinski definition) is 5. The van der Waals surface area contributed by atoms with Gasteiger partial charge in [-0.2, -0.15) is 0 Å². The molecule has 6 nitrogen and oxygen atoms in total. The Bertz CT molecular complexity index is 1140. The third-order valence-corrected chi connectivity index (χ3v) is 6.53. The van der Waals surface area contributed by atoms with Crippen LogP contribution < -0.4 is 19.7 Å². The average molecular weight is 494 g/mol. The number of nitrogens with zero attached hydrogens (tertiary/aromatic N) is 2. The van der Waals surface area contributed by atoms with Crippen LogP contribution in [0.15, 0.2) is 66.7 Å². The van der Waals surface area contributed by atoms with Gasteiger partial charge >= 0.3 is 0 Å². The molecule has 0 atom stereocenters. The fourth-order valence-electron chi connectivity index (χ4n) is 4.37. The number of nitrogens with one attached hydrogen (secondary N) is 1. The normalized spacial score (nSPS) is 14.3. The van der Waals surface area contributed by atoms with Gasteiger partial charge in [-0.3, -0.25) is 9.69 Å². The maximum absolute atomic E-state index is 12.4. The molecule has 184 valence electrons. The lowest BCUT2D eigenvalue weighted by Crippen LogP contribution is -2.30. The molecule has 0 saturated carbocycles. The molecule has 1 amide bonds. The van der Waals surface area contributed by atoms with Crippen LogP contribution in [-0.2, 0) is 13.1 Å². The van der Waals surface area contributed by atoms with Gasteiger partial charge in [0.2, 0.25) is 0 Å². The van der Waals surface area contributed by atoms with Gasteiger partial charge in [-0.05, 0) is 66.1 Å². The van der Waals surface area contributed by atoms with E-state index in [4.69, 9.17) is 21.1 Å². The molecule has 0 radical (unpaired) electrons. The number of halogens is 1. The molecule has 1 N–H and O–H groups in total. The predicted molar refractivity (Wildman–Crippen MR) is 141 cm³/mol. The van der Waals surface area contributed by atoms with Crippen molar-refractivity contribution in [1.82, 2.24) is 10.2 Å². The molecular formula is C28H32ClN3O3. The zero-order chi connectivity index (χ0) is 24.6. The van der Waals surface area contributed by atoms with Crippen molar-refractivity contribution in [2.45, 2.75) is 19.5 Å². The molecule has 0 unspecified atom stereocenters. The van der Waals surface area contributed by atoms with Crippen LogP contribution in [0.1, 0.15) is 27.9 Å². The highest BCUT2D eigenvalue weighted by Gasteiger charge is 2.17. The summed E-state index contributed by atoms with van der Waals surface area (Å²) in [6, 6.07) is 21.5. The first-order valence-electron chi connectivity index (χ1n) is 11.9. The van der Waals surface area contributed by atoms with E-state index in [9.17, 15) is 4.79 Å². The minimum Gasteiger partial charge on any atom is -0.493 e. The maximum atomic E-state index is 12.4. The molecule has 0 bridgehead atoms. The van der Waals surface area contributed by atoms with Crippen LogP contribution in [0.5, 0.6) is 11.5 Å². The van der Waals surface area contributed by atoms with Crippen molar-refractivity contribution in [3.8, 4) is 11.5 Å². The topological polar surface area (TPSA) is 54.0 Å². The van der Waals surface area contributed by atoms with E-state index in [2.05, 4.69) is 45.4 Å². The lowest BCUT2D eigenvalue weighted by atomic mass is 10.1. The van der Waals surface area contributed by atoms with Crippen LogP contribution in [0.25, 0.3) is 0 Å². The highest BCUT2D eigenvalue weighted by molar-refractivity contribution is 6.30. The Labute approximate surface area is 212 Å². The number of methoxy groups -OCH3 is 2. The van der Waals surface area contributed by atoms with Crippen molar-refractivity contribution < 1.29 is 14.3 Å². The largest absolute Gasteiger partial charge is 0.493 e. The quantitative estimate of drug-likeness (QED) is 0.478. The number of rotatable bonds is 8. The van der Waals surface area contributed by atoms with Gasteiger partial charge in [0.05, 0.1) is 14.2 Å². The molecule has 35 heavy (non-hydrogen) atoms. The van der Waals surface area contributed by atoms with E-state index in [0.29, 0.717) is 17.1 Å². The van der Waals surface area contributed by atoms with Crippen molar-refractivity contribution in [3.05, 3.63) is 88.4 Å². The summed E-state index contributed by atoms with van der Waals surface area (Å²) in [4.78, 5) is 17.4. The van der Waals surface area contributed by atoms with E-state index in [1.54, 1.807) is 38.5 Å². The predicted octanol–water partition coefficient (Wildman–Crippen LogP) is 5.00. The third-order valence-electron chi connectivity index (χ3n) is 6.28. The summed E-state index contributed by atoms with van der Waals surface area (Å²) in [6.07, 6.45) is 1.09. The maximum Gasteiger partial charge on any atom is 0.251 e. The molecule has 1 saturated heterocycles. The van der Waals surface area contributed by atoms with E-state index in [0.717, 1.165) is 56.2 Å². The van der Waals surface area contributed by atoms with Crippen molar-refractivity contribution in [3.63, 3.8) is 0 Å². The fourth-order valence-corrected chi connectivity index (χ4v) is 4.50. The summed E-state index contributed by atoms with van der Waals surface area (Å²) in [5.74, 6) is 1.41. The molecule has 0 aliphatic carbocycles. The first kappa shape index (κ1) is 24.9. The zero-order valence-electron chi connectivity index (χ0n) is 20.3. The second-order valence-electron chi connectivity index (χ2n) is 8.67. The summed E-state index contributed by atoms with van der Waals surface area (Å²) in [7, 11) is 3.33. The highest BCUT2D eigenvalue weighted by Crippen LogP contribution is 2.28. The molecule has 3 aromatic rings. The number of ether oxygens (including phenoxy) is 2. The minimum atomic E-state index is -0.104. The summed E-state index contributed by atoms with van der Waals surface area (Å²) >= 11 is 5.92. The van der Waals surface area contributed by atoms with Crippen LogP contribution >= 0.6 is 11.6 Å². The summed E-state index contributed by atoms with van der Waals surface area (Å²) in [6.45, 7) is 5.34. The van der Waals surface area contributed by atoms with Gasteiger partial charge < -0.3 is 19.7 Å². The van der Waals surface area contributed by atoms with E-state index in [-0.39, 0.29) is 5.91 Å². The lowest BCUT2D eigenvalue weighted by molar-refractivity contribution is 0.0951. The number of benzene rings is 3. The highest BCUT2D eigenvalue weighted by atomic mass is 35.5. The SMILES string of the molecule is COc1ccc(CN2CCCN(c3cccc(CNC(=O)c4ccc(Cl)cc4)c3)CC2)cc1OC. The van der Waals surface area contributed by atoms with E-state index < -0.39 is 0 Å². The number of anilines is 1. The number of carbonyl (C=O) groups is 1. The molecule has 7 heteroatoms. The van der Waals surface area contributed by atoms with Gasteiger partial charge in [-0.25, -0.2) is 0 Å². The van der Waals surface area contributed by atoms with Crippen LogP contribution in [0.2, 0.25) is 5.02 Å². The van der Waals surface area contributed by atoms with Gasteiger partial charge in [-0.15, -0.1) is 0 Å². The molecule has 3 aromatic carbocycles. The van der Waals surface area contributed by atoms with Crippen LogP contribution in [-0.4, -0.2) is 51.2 Å². The second-order valence-corrected chi connectivity index (χ2v) is 9.10. The molecule has 1 fully saturated rings. The number of amides is 1. The molecule has 0 spiro atoms. The van der Waals surface area contributed by atoms with E-state index >= 15 is 0 Å². The zero-order valence-corrected chi connectivity index (χ0v) is 21.1. The van der Waals surface area contributed by atoms with Gasteiger partial charge in [-0.1, -0.05) is 29.8 Å². The van der Waals surface area contributed by atoms with Crippen LogP contribution in [0.3, 0.4) is 0 Å². The summed E-state index contributed by atoms with van der Waals surface area (Å²) in [5.41, 5.74) is 4.09. The Balaban J connectivity index is 1.33. The number of hydrogen-bond donors (Lipinski definition) is 1. The van der Waals surface area contributed by atoms with Gasteiger partial charge in [0.1, 0.15) is 0 Å². The first-order valence-corrected chi connectivity index (χ1v) is 12.2. The van der Waals surface area contributed by atoms with Gasteiger partial charge in [0, 0.05) is 55.5 Å². The Morgan fingerprint density at radius 3 is 2.46 bits per heavy atom. The Morgan fingerprint density at radius 1 is 0.886 bits per heavy atom. The van der Waals surface area contributed by atoms with Crippen LogP contribution in [0.4, 0.5) is 5.69 Å². The Kier molecular flexibility index (Phi) is 8.50. The third kappa shape index (κ3) is 6.68. The van der Waals surface area contributed by atoms with Gasteiger partial charge in [0.25, 0.3) is 5.91 Å². The monoisotopic (exact) mass is 493 g/mol. The van der Waals surface area contributed by atoms with Crippen molar-refractivity contribution in [1.29, 1.82) is 0 Å². The van der Waals surface area contributed by atoms with Crippen molar-refractivity contribution in [2.75, 3.05) is 45.3 Å². The standard InChI is InChI=1S/C28H32ClN3O3/c1-34-26-12-7-22(18-27(26)35-2)20-31-13-4-14-32(16-15-31)25-6-3-5-21(17-25)19-30-28(33)23-8-10-24(29)11-9-23/h3,5-12,17-18H,4,13-16,19-20H2,1-2H3,(H,30,33). The summed E-state index contributed by atoms with van der Waals surface area (Å²) < 4.78 is 10.8. The second kappa shape index (κ2) is 12.0. The smallest absolute Gasteiger partial charge is 0.251 e. The molecule has 4 rings (SSSR count). The fraction of sp³-hybridized carbons (Fsp3) is 0.321. The molecule has 1 aliphatic heterocycles. The molecular weight excluding hydrogens is 462 g/mol. The molecule has 1 heterocycles. The average Bonchev–Trinajstić information content (AvgIpc) is 3.13. The minimum absolute atomic E-state index is 0.104. The molecule has 1 aliphatic rings. The van der Waals surface area contributed by atoms with Crippen molar-refractivity contribution >= 4 is 23.2 Å². The first-order chi connectivity index (χ1) is 17.1. The lowest BCUT2D eigenvalue weighted by Gasteiger charge is -2.24. The Morgan fingerprint density at radius 2 is 1.69 bits per heavy atom. The van der Waals surface area contributed by atoms with Gasteiger partial charge in [0.15, 0.2) is 11.5 Å². The molecule has 0 aromatic heterocycles. The van der Waals surface area contributed by atoms with E-state index in [1.165, 1.54) is 11.3 Å². The Hall–Kier alpha value is -3.22. The van der Waals surface area contributed by atoms with Crippen molar-refractivity contribution in [2.24, 2.45) is 0 Å².